The molecule has 0 spiro atoms. The monoisotopic (exact) mass is 210 g/mol. The second kappa shape index (κ2) is 4.03. The molecule has 78 valence electrons. The van der Waals surface area contributed by atoms with Crippen LogP contribution in [-0.4, -0.2) is 15.8 Å². The highest BCUT2D eigenvalue weighted by Crippen LogP contribution is 2.18. The summed E-state index contributed by atoms with van der Waals surface area (Å²) in [4.78, 5) is 14.8. The minimum Gasteiger partial charge on any atom is -0.321 e. The Morgan fingerprint density at radius 2 is 2.06 bits per heavy atom. The van der Waals surface area contributed by atoms with Crippen LogP contribution in [0.25, 0.3) is 11.4 Å². The van der Waals surface area contributed by atoms with Gasteiger partial charge in [0.15, 0.2) is 0 Å². The van der Waals surface area contributed by atoms with Crippen LogP contribution >= 0.6 is 0 Å². The van der Waals surface area contributed by atoms with Crippen molar-refractivity contribution < 1.29 is 4.79 Å². The third kappa shape index (κ3) is 1.61. The van der Waals surface area contributed by atoms with E-state index in [1.54, 1.807) is 18.3 Å². The Hall–Kier alpha value is -2.34. The van der Waals surface area contributed by atoms with Gasteiger partial charge >= 0.3 is 0 Å². The van der Waals surface area contributed by atoms with Crippen LogP contribution in [0.5, 0.6) is 0 Å². The highest BCUT2D eigenvalue weighted by molar-refractivity contribution is 5.76. The number of rotatable bonds is 2. The van der Waals surface area contributed by atoms with Crippen molar-refractivity contribution in [3.8, 4) is 23.7 Å². The molecule has 1 heterocycles. The molecule has 2 aromatic rings. The van der Waals surface area contributed by atoms with E-state index in [4.69, 9.17) is 6.42 Å². The van der Waals surface area contributed by atoms with Crippen molar-refractivity contribution in [2.75, 3.05) is 0 Å². The Labute approximate surface area is 93.7 Å². The van der Waals surface area contributed by atoms with Crippen LogP contribution in [0.3, 0.4) is 0 Å². The number of hydrogen-bond donors (Lipinski definition) is 0. The third-order valence-corrected chi connectivity index (χ3v) is 2.44. The van der Waals surface area contributed by atoms with E-state index in [9.17, 15) is 4.79 Å². The van der Waals surface area contributed by atoms with Crippen molar-refractivity contribution in [1.29, 1.82) is 0 Å². The van der Waals surface area contributed by atoms with Crippen molar-refractivity contribution in [2.45, 2.75) is 0 Å². The molecule has 0 saturated heterocycles. The maximum atomic E-state index is 10.5. The summed E-state index contributed by atoms with van der Waals surface area (Å²) in [7, 11) is 1.87. The van der Waals surface area contributed by atoms with Crippen LogP contribution in [0.2, 0.25) is 0 Å². The highest BCUT2D eigenvalue weighted by Gasteiger charge is 2.06. The highest BCUT2D eigenvalue weighted by atomic mass is 16.1. The molecule has 1 aromatic heterocycles. The first kappa shape index (κ1) is 10.2. The lowest BCUT2D eigenvalue weighted by Crippen LogP contribution is -1.95. The van der Waals surface area contributed by atoms with Crippen LogP contribution in [0.4, 0.5) is 0 Å². The standard InChI is InChI=1S/C13H10N2O/c1-3-12-8-14-13(15(12)2)11-6-4-10(9-16)5-7-11/h1,4-9H,2H3. The van der Waals surface area contributed by atoms with Crippen molar-refractivity contribution in [3.63, 3.8) is 0 Å². The van der Waals surface area contributed by atoms with Crippen molar-refractivity contribution >= 4 is 6.29 Å². The minimum atomic E-state index is 0.648. The van der Waals surface area contributed by atoms with E-state index in [2.05, 4.69) is 10.9 Å². The molecule has 2 rings (SSSR count). The Kier molecular flexibility index (Phi) is 2.57. The third-order valence-electron chi connectivity index (χ3n) is 2.44. The molecule has 0 N–H and O–H groups in total. The molecule has 1 aromatic carbocycles. The van der Waals surface area contributed by atoms with Gasteiger partial charge in [0.2, 0.25) is 0 Å². The number of hydrogen-bond acceptors (Lipinski definition) is 2. The summed E-state index contributed by atoms with van der Waals surface area (Å²) < 4.78 is 1.84. The van der Waals surface area contributed by atoms with Gasteiger partial charge in [-0.3, -0.25) is 4.79 Å². The maximum Gasteiger partial charge on any atom is 0.150 e. The SMILES string of the molecule is C#Cc1cnc(-c2ccc(C=O)cc2)n1C. The van der Waals surface area contributed by atoms with Gasteiger partial charge < -0.3 is 4.57 Å². The average Bonchev–Trinajstić information content (AvgIpc) is 2.70. The van der Waals surface area contributed by atoms with Crippen LogP contribution in [-0.2, 0) is 7.05 Å². The molecule has 0 saturated carbocycles. The topological polar surface area (TPSA) is 34.9 Å². The van der Waals surface area contributed by atoms with Crippen molar-refractivity contribution in [2.24, 2.45) is 7.05 Å². The van der Waals surface area contributed by atoms with Crippen LogP contribution in [0.15, 0.2) is 30.5 Å². The summed E-state index contributed by atoms with van der Waals surface area (Å²) in [6, 6.07) is 7.22. The zero-order chi connectivity index (χ0) is 11.5. The molecule has 0 aliphatic rings. The lowest BCUT2D eigenvalue weighted by molar-refractivity contribution is 0.112. The van der Waals surface area contributed by atoms with Crippen molar-refractivity contribution in [1.82, 2.24) is 9.55 Å². The summed E-state index contributed by atoms with van der Waals surface area (Å²) in [5.41, 5.74) is 2.32. The van der Waals surface area contributed by atoms with Gasteiger partial charge in [-0.1, -0.05) is 30.2 Å². The smallest absolute Gasteiger partial charge is 0.150 e. The van der Waals surface area contributed by atoms with Crippen molar-refractivity contribution in [3.05, 3.63) is 41.7 Å². The van der Waals surface area contributed by atoms with Gasteiger partial charge in [-0.2, -0.15) is 0 Å². The lowest BCUT2D eigenvalue weighted by Gasteiger charge is -2.02. The first-order valence-electron chi connectivity index (χ1n) is 4.80. The minimum absolute atomic E-state index is 0.648. The Bertz CT molecular complexity index is 559. The molecule has 16 heavy (non-hydrogen) atoms. The van der Waals surface area contributed by atoms with Gasteiger partial charge in [-0.15, -0.1) is 6.42 Å². The number of nitrogens with zero attached hydrogens (tertiary/aromatic N) is 2. The number of benzene rings is 1. The fourth-order valence-corrected chi connectivity index (χ4v) is 1.52. The largest absolute Gasteiger partial charge is 0.321 e. The second-order valence-electron chi connectivity index (χ2n) is 3.41. The fourth-order valence-electron chi connectivity index (χ4n) is 1.52. The van der Waals surface area contributed by atoms with Gasteiger partial charge in [0.25, 0.3) is 0 Å². The quantitative estimate of drug-likeness (QED) is 0.560. The molecule has 0 unspecified atom stereocenters. The zero-order valence-corrected chi connectivity index (χ0v) is 8.84. The Balaban J connectivity index is 2.47. The number of carbonyl (C=O) groups is 1. The normalized spacial score (nSPS) is 9.75. The number of terminal acetylenes is 1. The van der Waals surface area contributed by atoms with Gasteiger partial charge in [0, 0.05) is 18.2 Å². The molecule has 0 radical (unpaired) electrons. The lowest BCUT2D eigenvalue weighted by atomic mass is 10.1. The molecule has 0 aliphatic carbocycles. The van der Waals surface area contributed by atoms with Crippen LogP contribution in [0, 0.1) is 12.3 Å². The average molecular weight is 210 g/mol. The number of imidazole rings is 1. The predicted molar refractivity (Wildman–Crippen MR) is 62.0 cm³/mol. The molecular weight excluding hydrogens is 200 g/mol. The molecule has 0 atom stereocenters. The molecule has 0 aliphatic heterocycles. The van der Waals surface area contributed by atoms with Crippen LogP contribution < -0.4 is 0 Å². The van der Waals surface area contributed by atoms with E-state index >= 15 is 0 Å². The maximum absolute atomic E-state index is 10.5. The van der Waals surface area contributed by atoms with E-state index in [0.29, 0.717) is 5.56 Å². The van der Waals surface area contributed by atoms with Gasteiger partial charge in [0.1, 0.15) is 17.8 Å². The van der Waals surface area contributed by atoms with E-state index in [1.165, 1.54) is 0 Å². The zero-order valence-electron chi connectivity index (χ0n) is 8.84. The van der Waals surface area contributed by atoms with Crippen LogP contribution in [0.1, 0.15) is 16.1 Å². The van der Waals surface area contributed by atoms with E-state index in [1.807, 2.05) is 23.7 Å². The number of carbonyl (C=O) groups excluding carboxylic acids is 1. The number of aromatic nitrogens is 2. The van der Waals surface area contributed by atoms with Gasteiger partial charge in [0.05, 0.1) is 6.20 Å². The summed E-state index contributed by atoms with van der Waals surface area (Å²) in [5, 5.41) is 0. The summed E-state index contributed by atoms with van der Waals surface area (Å²) in [6.07, 6.45) is 7.80. The summed E-state index contributed by atoms with van der Waals surface area (Å²) in [6.45, 7) is 0. The molecule has 3 nitrogen and oxygen atoms in total. The first-order valence-corrected chi connectivity index (χ1v) is 4.80. The van der Waals surface area contributed by atoms with Gasteiger partial charge in [-0.05, 0) is 0 Å². The van der Waals surface area contributed by atoms with Gasteiger partial charge in [-0.25, -0.2) is 4.98 Å². The first-order chi connectivity index (χ1) is 7.76. The van der Waals surface area contributed by atoms with E-state index in [0.717, 1.165) is 23.4 Å². The fraction of sp³-hybridized carbons (Fsp3) is 0.0769. The molecule has 0 fully saturated rings. The Morgan fingerprint density at radius 3 is 2.56 bits per heavy atom. The molecule has 3 heteroatoms. The summed E-state index contributed by atoms with van der Waals surface area (Å²) >= 11 is 0. The van der Waals surface area contributed by atoms with E-state index < -0.39 is 0 Å². The Morgan fingerprint density at radius 1 is 1.38 bits per heavy atom. The summed E-state index contributed by atoms with van der Waals surface area (Å²) in [5.74, 6) is 3.35. The molecular formula is C13H10N2O. The van der Waals surface area contributed by atoms with E-state index in [-0.39, 0.29) is 0 Å². The predicted octanol–water partition coefficient (Wildman–Crippen LogP) is 1.88. The second-order valence-corrected chi connectivity index (χ2v) is 3.41. The molecule has 0 amide bonds. The number of aldehydes is 1. The molecule has 0 bridgehead atoms.